The molecule has 0 radical (unpaired) electrons. The van der Waals surface area contributed by atoms with Gasteiger partial charge in [0.2, 0.25) is 10.0 Å². The van der Waals surface area contributed by atoms with Crippen LogP contribution in [0, 0.1) is 0 Å². The average molecular weight is 266 g/mol. The minimum absolute atomic E-state index is 0.0949. The Bertz CT molecular complexity index is 636. The number of amides is 1. The highest BCUT2D eigenvalue weighted by molar-refractivity contribution is 7.89. The molecule has 1 amide bonds. The van der Waals surface area contributed by atoms with Crippen molar-refractivity contribution in [1.29, 1.82) is 0 Å². The first-order chi connectivity index (χ1) is 8.50. The maximum absolute atomic E-state index is 12.0. The van der Waals surface area contributed by atoms with Crippen molar-refractivity contribution in [2.45, 2.75) is 11.1 Å². The van der Waals surface area contributed by atoms with Gasteiger partial charge in [-0.15, -0.1) is 0 Å². The first-order valence-corrected chi connectivity index (χ1v) is 6.45. The van der Waals surface area contributed by atoms with Gasteiger partial charge in [-0.2, -0.15) is 4.72 Å². The van der Waals surface area contributed by atoms with E-state index in [9.17, 15) is 13.2 Å². The Hall–Kier alpha value is -2.06. The highest BCUT2D eigenvalue weighted by Gasteiger charge is 2.26. The van der Waals surface area contributed by atoms with Crippen LogP contribution in [-0.2, 0) is 14.8 Å². The van der Waals surface area contributed by atoms with E-state index in [1.54, 1.807) is 6.07 Å². The van der Waals surface area contributed by atoms with E-state index in [0.717, 1.165) is 0 Å². The van der Waals surface area contributed by atoms with Gasteiger partial charge in [0, 0.05) is 12.4 Å². The Morgan fingerprint density at radius 3 is 2.61 bits per heavy atom. The van der Waals surface area contributed by atoms with Gasteiger partial charge >= 0.3 is 0 Å². The number of nitrogen functional groups attached to an aromatic ring is 1. The fraction of sp³-hybridized carbons (Fsp3) is 0.100. The third-order valence-electron chi connectivity index (χ3n) is 2.21. The molecule has 0 saturated carbocycles. The lowest BCUT2D eigenvalue weighted by Gasteiger charge is -2.14. The van der Waals surface area contributed by atoms with Crippen molar-refractivity contribution in [3.63, 3.8) is 0 Å². The molecule has 2 rings (SSSR count). The van der Waals surface area contributed by atoms with Crippen molar-refractivity contribution in [2.24, 2.45) is 9.98 Å². The van der Waals surface area contributed by atoms with E-state index in [1.807, 2.05) is 0 Å². The van der Waals surface area contributed by atoms with Crippen LogP contribution in [0.2, 0.25) is 0 Å². The van der Waals surface area contributed by atoms with Crippen molar-refractivity contribution in [3.05, 3.63) is 24.3 Å². The number of hydrogen-bond donors (Lipinski definition) is 2. The molecule has 0 bridgehead atoms. The second-order valence-electron chi connectivity index (χ2n) is 3.48. The van der Waals surface area contributed by atoms with Gasteiger partial charge in [0.25, 0.3) is 5.91 Å². The van der Waals surface area contributed by atoms with E-state index < -0.39 is 22.1 Å². The second-order valence-corrected chi connectivity index (χ2v) is 5.16. The van der Waals surface area contributed by atoms with Crippen molar-refractivity contribution >= 4 is 34.0 Å². The largest absolute Gasteiger partial charge is 0.398 e. The molecule has 3 N–H and O–H groups in total. The first kappa shape index (κ1) is 12.4. The molecule has 0 saturated heterocycles. The molecular weight excluding hydrogens is 256 g/mol. The lowest BCUT2D eigenvalue weighted by atomic mass is 10.3. The van der Waals surface area contributed by atoms with Crippen LogP contribution in [0.4, 0.5) is 5.69 Å². The molecule has 1 aliphatic heterocycles. The molecule has 94 valence electrons. The van der Waals surface area contributed by atoms with Gasteiger partial charge in [-0.1, -0.05) is 12.1 Å². The molecule has 18 heavy (non-hydrogen) atoms. The van der Waals surface area contributed by atoms with E-state index in [2.05, 4.69) is 14.7 Å². The molecule has 1 aromatic rings. The summed E-state index contributed by atoms with van der Waals surface area (Å²) in [6, 6.07) is 5.95. The van der Waals surface area contributed by atoms with Gasteiger partial charge in [0.15, 0.2) is 6.17 Å². The summed E-state index contributed by atoms with van der Waals surface area (Å²) >= 11 is 0. The molecule has 1 heterocycles. The number of hydrogen-bond acceptors (Lipinski definition) is 5. The number of para-hydroxylation sites is 1. The normalized spacial score (nSPS) is 19.1. The zero-order chi connectivity index (χ0) is 13.2. The van der Waals surface area contributed by atoms with Crippen molar-refractivity contribution < 1.29 is 13.2 Å². The smallest absolute Gasteiger partial charge is 0.286 e. The highest BCUT2D eigenvalue weighted by atomic mass is 32.2. The van der Waals surface area contributed by atoms with Crippen molar-refractivity contribution in [2.75, 3.05) is 5.73 Å². The number of carbonyl (C=O) groups is 1. The molecule has 1 unspecified atom stereocenters. The molecule has 1 aromatic carbocycles. The van der Waals surface area contributed by atoms with Crippen LogP contribution < -0.4 is 10.5 Å². The fourth-order valence-corrected chi connectivity index (χ4v) is 2.60. The second kappa shape index (κ2) is 4.67. The number of nitrogens with zero attached hydrogens (tertiary/aromatic N) is 2. The molecule has 0 aliphatic carbocycles. The summed E-state index contributed by atoms with van der Waals surface area (Å²) in [6.45, 7) is 0. The monoisotopic (exact) mass is 266 g/mol. The van der Waals surface area contributed by atoms with E-state index in [-0.39, 0.29) is 10.6 Å². The van der Waals surface area contributed by atoms with Crippen LogP contribution in [0.3, 0.4) is 0 Å². The predicted octanol–water partition coefficient (Wildman–Crippen LogP) is -0.445. The summed E-state index contributed by atoms with van der Waals surface area (Å²) in [5.74, 6) is -0.671. The maximum Gasteiger partial charge on any atom is 0.286 e. The van der Waals surface area contributed by atoms with E-state index in [0.29, 0.717) is 0 Å². The molecule has 7 nitrogen and oxygen atoms in total. The lowest BCUT2D eigenvalue weighted by molar-refractivity contribution is -0.119. The van der Waals surface area contributed by atoms with E-state index in [1.165, 1.54) is 30.6 Å². The first-order valence-electron chi connectivity index (χ1n) is 4.97. The van der Waals surface area contributed by atoms with Gasteiger partial charge < -0.3 is 5.73 Å². The molecule has 0 aromatic heterocycles. The number of benzene rings is 1. The minimum atomic E-state index is -3.91. The number of rotatable bonds is 3. The molecule has 0 spiro atoms. The highest BCUT2D eigenvalue weighted by Crippen LogP contribution is 2.17. The van der Waals surface area contributed by atoms with Crippen LogP contribution in [-0.4, -0.2) is 32.9 Å². The standard InChI is InChI=1S/C10H10N4O3S/c11-7-3-1-2-4-8(7)18(16,17)14-9-10(15)13-6-5-12-9/h1-6,9,14H,11H2. The molecule has 1 aliphatic rings. The maximum atomic E-state index is 12.0. The zero-order valence-corrected chi connectivity index (χ0v) is 9.96. The average Bonchev–Trinajstić information content (AvgIpc) is 2.32. The number of anilines is 1. The third kappa shape index (κ3) is 2.44. The SMILES string of the molecule is Nc1ccccc1S(=O)(=O)NC1N=CC=NC1=O. The number of aliphatic imine (C=N–C) groups is 2. The summed E-state index contributed by atoms with van der Waals surface area (Å²) in [5, 5.41) is 0. The lowest BCUT2D eigenvalue weighted by Crippen LogP contribution is -2.40. The quantitative estimate of drug-likeness (QED) is 0.721. The van der Waals surface area contributed by atoms with Crippen molar-refractivity contribution in [3.8, 4) is 0 Å². The fourth-order valence-electron chi connectivity index (χ4n) is 1.38. The Balaban J connectivity index is 2.28. The topological polar surface area (TPSA) is 114 Å². The third-order valence-corrected chi connectivity index (χ3v) is 3.70. The molecule has 8 heteroatoms. The minimum Gasteiger partial charge on any atom is -0.398 e. The number of nitrogens with one attached hydrogen (secondary N) is 1. The van der Waals surface area contributed by atoms with Gasteiger partial charge in [-0.05, 0) is 12.1 Å². The van der Waals surface area contributed by atoms with Crippen molar-refractivity contribution in [1.82, 2.24) is 4.72 Å². The zero-order valence-electron chi connectivity index (χ0n) is 9.15. The molecule has 0 fully saturated rings. The van der Waals surface area contributed by atoms with Crippen LogP contribution in [0.25, 0.3) is 0 Å². The van der Waals surface area contributed by atoms with Crippen LogP contribution in [0.15, 0.2) is 39.1 Å². The van der Waals surface area contributed by atoms with Gasteiger partial charge in [0.1, 0.15) is 4.90 Å². The van der Waals surface area contributed by atoms with Crippen LogP contribution in [0.5, 0.6) is 0 Å². The predicted molar refractivity (Wildman–Crippen MR) is 67.0 cm³/mol. The van der Waals surface area contributed by atoms with E-state index >= 15 is 0 Å². The summed E-state index contributed by atoms with van der Waals surface area (Å²) in [4.78, 5) is 18.4. The number of nitrogens with two attached hydrogens (primary N) is 1. The Morgan fingerprint density at radius 2 is 1.94 bits per heavy atom. The Kier molecular flexibility index (Phi) is 3.21. The summed E-state index contributed by atoms with van der Waals surface area (Å²) < 4.78 is 26.1. The molecular formula is C10H10N4O3S. The number of sulfonamides is 1. The summed E-state index contributed by atoms with van der Waals surface area (Å²) in [5.41, 5.74) is 5.67. The van der Waals surface area contributed by atoms with Crippen LogP contribution in [0.1, 0.15) is 0 Å². The summed E-state index contributed by atoms with van der Waals surface area (Å²) in [6.07, 6.45) is 1.21. The van der Waals surface area contributed by atoms with Gasteiger partial charge in [-0.3, -0.25) is 9.79 Å². The number of carbonyl (C=O) groups excluding carboxylic acids is 1. The van der Waals surface area contributed by atoms with E-state index in [4.69, 9.17) is 5.73 Å². The van der Waals surface area contributed by atoms with Crippen LogP contribution >= 0.6 is 0 Å². The van der Waals surface area contributed by atoms with Gasteiger partial charge in [0.05, 0.1) is 5.69 Å². The summed E-state index contributed by atoms with van der Waals surface area (Å²) in [7, 11) is -3.91. The molecule has 1 atom stereocenters. The van der Waals surface area contributed by atoms with Gasteiger partial charge in [-0.25, -0.2) is 13.4 Å². The Labute approximate surface area is 103 Å². The Morgan fingerprint density at radius 1 is 1.22 bits per heavy atom.